The second-order valence-corrected chi connectivity index (χ2v) is 14.6. The van der Waals surface area contributed by atoms with E-state index in [2.05, 4.69) is 29.0 Å². The monoisotopic (exact) mass is 669 g/mol. The zero-order valence-corrected chi connectivity index (χ0v) is 28.9. The van der Waals surface area contributed by atoms with Crippen molar-refractivity contribution < 1.29 is 23.9 Å². The van der Waals surface area contributed by atoms with Gasteiger partial charge in [-0.3, -0.25) is 14.4 Å². The number of nitrogens with one attached hydrogen (secondary N) is 2. The van der Waals surface area contributed by atoms with Gasteiger partial charge < -0.3 is 29.7 Å². The van der Waals surface area contributed by atoms with E-state index in [1.54, 1.807) is 41.9 Å². The molecule has 0 saturated carbocycles. The number of fused-ring (bicyclic) bond motifs is 2. The van der Waals surface area contributed by atoms with Gasteiger partial charge in [0, 0.05) is 48.9 Å². The number of carbonyl (C=O) groups excluding carboxylic acids is 4. The molecule has 1 fully saturated rings. The van der Waals surface area contributed by atoms with Gasteiger partial charge in [0.1, 0.15) is 17.7 Å². The number of ether oxygens (including phenoxy) is 1. The Morgan fingerprint density at radius 3 is 2.54 bits per heavy atom. The average Bonchev–Trinajstić information content (AvgIpc) is 3.78. The Bertz CT molecular complexity index is 1840. The first kappa shape index (κ1) is 33.3. The lowest BCUT2D eigenvalue weighted by Gasteiger charge is -2.37. The number of hydrogen-bond donors (Lipinski definition) is 2. The van der Waals surface area contributed by atoms with Crippen LogP contribution in [-0.2, 0) is 38.5 Å². The van der Waals surface area contributed by atoms with E-state index in [9.17, 15) is 19.2 Å². The topological polar surface area (TPSA) is 113 Å². The van der Waals surface area contributed by atoms with Gasteiger partial charge in [-0.05, 0) is 86.7 Å². The van der Waals surface area contributed by atoms with E-state index in [0.717, 1.165) is 39.7 Å². The van der Waals surface area contributed by atoms with Gasteiger partial charge in [-0.2, -0.15) is 11.3 Å². The van der Waals surface area contributed by atoms with Crippen LogP contribution < -0.4 is 20.4 Å². The van der Waals surface area contributed by atoms with Crippen molar-refractivity contribution in [1.82, 2.24) is 15.2 Å². The summed E-state index contributed by atoms with van der Waals surface area (Å²) >= 11 is 1.54. The van der Waals surface area contributed by atoms with Crippen LogP contribution in [0.5, 0.6) is 0 Å². The fraction of sp³-hybridized carbons (Fsp3) is 0.405. The molecule has 1 unspecified atom stereocenters. The molecule has 4 heterocycles. The Morgan fingerprint density at radius 2 is 1.85 bits per heavy atom. The molecule has 2 aliphatic rings. The van der Waals surface area contributed by atoms with E-state index in [4.69, 9.17) is 4.74 Å². The molecule has 2 N–H and O–H groups in total. The highest BCUT2D eigenvalue weighted by atomic mass is 32.1. The third kappa shape index (κ3) is 6.96. The standard InChI is InChI=1S/C37H43N5O5S/c1-23(2)41-21-26(27-11-6-7-12-30(27)41)19-28(39-36(46)47-37(3,4)5)34(44)38-29-18-25-10-8-13-31(40-16-9-14-32(40)43)33(25)42(35(29)45)20-24-15-17-48-22-24/h6-8,10-13,15,17,21-23,28-29H,9,14,16,18-20H2,1-5H3,(H,38,44)(H,39,46)/t28-,29?/m1/s1. The quantitative estimate of drug-likeness (QED) is 0.223. The predicted octanol–water partition coefficient (Wildman–Crippen LogP) is 6.12. The first-order valence-corrected chi connectivity index (χ1v) is 17.5. The van der Waals surface area contributed by atoms with Crippen molar-refractivity contribution in [2.45, 2.75) is 90.6 Å². The number of anilines is 2. The molecule has 0 bridgehead atoms. The zero-order valence-electron chi connectivity index (χ0n) is 28.1. The molecule has 0 spiro atoms. The van der Waals surface area contributed by atoms with Crippen LogP contribution in [0.4, 0.5) is 16.2 Å². The van der Waals surface area contributed by atoms with E-state index in [0.29, 0.717) is 25.2 Å². The number of rotatable bonds is 9. The molecule has 1 saturated heterocycles. The highest BCUT2D eigenvalue weighted by molar-refractivity contribution is 7.07. The molecule has 4 amide bonds. The minimum Gasteiger partial charge on any atom is -0.444 e. The summed E-state index contributed by atoms with van der Waals surface area (Å²) in [6.45, 7) is 10.4. The fourth-order valence-corrected chi connectivity index (χ4v) is 7.29. The van der Waals surface area contributed by atoms with Crippen LogP contribution in [0.25, 0.3) is 10.9 Å². The summed E-state index contributed by atoms with van der Waals surface area (Å²) in [5.41, 5.74) is 4.42. The van der Waals surface area contributed by atoms with Gasteiger partial charge in [-0.1, -0.05) is 30.3 Å². The third-order valence-corrected chi connectivity index (χ3v) is 9.50. The highest BCUT2D eigenvalue weighted by Crippen LogP contribution is 2.40. The summed E-state index contributed by atoms with van der Waals surface area (Å²) in [6, 6.07) is 14.0. The van der Waals surface area contributed by atoms with Crippen molar-refractivity contribution in [1.29, 1.82) is 0 Å². The Morgan fingerprint density at radius 1 is 1.06 bits per heavy atom. The molecule has 2 aromatic carbocycles. The molecular formula is C37H43N5O5S. The lowest BCUT2D eigenvalue weighted by atomic mass is 9.94. The lowest BCUT2D eigenvalue weighted by molar-refractivity contribution is -0.129. The number of amides is 4. The summed E-state index contributed by atoms with van der Waals surface area (Å²) in [5, 5.41) is 10.7. The van der Waals surface area contributed by atoms with Gasteiger partial charge in [0.15, 0.2) is 0 Å². The van der Waals surface area contributed by atoms with Gasteiger partial charge in [0.25, 0.3) is 0 Å². The molecule has 2 aromatic heterocycles. The smallest absolute Gasteiger partial charge is 0.408 e. The first-order valence-electron chi connectivity index (χ1n) is 16.5. The molecule has 4 aromatic rings. The second kappa shape index (κ2) is 13.5. The highest BCUT2D eigenvalue weighted by Gasteiger charge is 2.39. The third-order valence-electron chi connectivity index (χ3n) is 8.77. The van der Waals surface area contributed by atoms with E-state index in [-0.39, 0.29) is 30.7 Å². The molecule has 11 heteroatoms. The van der Waals surface area contributed by atoms with E-state index in [1.807, 2.05) is 65.5 Å². The maximum absolute atomic E-state index is 14.3. The summed E-state index contributed by atoms with van der Waals surface area (Å²) in [5.74, 6) is -0.712. The van der Waals surface area contributed by atoms with Gasteiger partial charge in [0.2, 0.25) is 17.7 Å². The predicted molar refractivity (Wildman–Crippen MR) is 188 cm³/mol. The van der Waals surface area contributed by atoms with Gasteiger partial charge >= 0.3 is 6.09 Å². The van der Waals surface area contributed by atoms with Gasteiger partial charge in [-0.15, -0.1) is 0 Å². The molecule has 0 aliphatic carbocycles. The Balaban J connectivity index is 1.32. The van der Waals surface area contributed by atoms with Crippen LogP contribution >= 0.6 is 11.3 Å². The SMILES string of the molecule is CC(C)n1cc(C[C@@H](NC(=O)OC(C)(C)C)C(=O)NC2Cc3cccc(N4CCCC4=O)c3N(Cc3ccsc3)C2=O)c2ccccc21. The number of aromatic nitrogens is 1. The minimum atomic E-state index is -1.01. The Hall–Kier alpha value is -4.64. The normalized spacial score (nSPS) is 17.2. The largest absolute Gasteiger partial charge is 0.444 e. The fourth-order valence-electron chi connectivity index (χ4n) is 6.63. The van der Waals surface area contributed by atoms with E-state index >= 15 is 0 Å². The molecule has 0 radical (unpaired) electrons. The Kier molecular flexibility index (Phi) is 9.33. The number of nitrogens with zero attached hydrogens (tertiary/aromatic N) is 3. The number of carbonyl (C=O) groups is 4. The first-order chi connectivity index (χ1) is 22.9. The average molecular weight is 670 g/mol. The minimum absolute atomic E-state index is 0.0386. The van der Waals surface area contributed by atoms with Crippen LogP contribution in [-0.4, -0.2) is 52.6 Å². The van der Waals surface area contributed by atoms with Crippen molar-refractivity contribution in [3.05, 3.63) is 82.2 Å². The van der Waals surface area contributed by atoms with E-state index < -0.39 is 29.7 Å². The van der Waals surface area contributed by atoms with Gasteiger partial charge in [-0.25, -0.2) is 4.79 Å². The summed E-state index contributed by atoms with van der Waals surface area (Å²) < 4.78 is 7.70. The maximum atomic E-state index is 14.3. The second-order valence-electron chi connectivity index (χ2n) is 13.8. The summed E-state index contributed by atoms with van der Waals surface area (Å²) in [4.78, 5) is 57.9. The van der Waals surface area contributed by atoms with Crippen molar-refractivity contribution in [2.24, 2.45) is 0 Å². The van der Waals surface area contributed by atoms with Gasteiger partial charge in [0.05, 0.1) is 17.9 Å². The number of thiophene rings is 1. The maximum Gasteiger partial charge on any atom is 0.408 e. The number of para-hydroxylation sites is 2. The van der Waals surface area contributed by atoms with Crippen LogP contribution in [0.2, 0.25) is 0 Å². The molecule has 252 valence electrons. The number of hydrogen-bond acceptors (Lipinski definition) is 6. The van der Waals surface area contributed by atoms with Crippen molar-refractivity contribution in [3.63, 3.8) is 0 Å². The summed E-state index contributed by atoms with van der Waals surface area (Å²) in [7, 11) is 0. The zero-order chi connectivity index (χ0) is 34.2. The van der Waals surface area contributed by atoms with Crippen LogP contribution in [0.3, 0.4) is 0 Å². The van der Waals surface area contributed by atoms with Crippen LogP contribution in [0.1, 0.15) is 70.2 Å². The molecular weight excluding hydrogens is 627 g/mol. The summed E-state index contributed by atoms with van der Waals surface area (Å²) in [6.07, 6.45) is 3.00. The van der Waals surface area contributed by atoms with E-state index in [1.165, 1.54) is 0 Å². The number of alkyl carbamates (subject to hydrolysis) is 1. The van der Waals surface area contributed by atoms with Crippen molar-refractivity contribution >= 4 is 57.4 Å². The molecule has 2 aliphatic heterocycles. The van der Waals surface area contributed by atoms with Crippen molar-refractivity contribution in [2.75, 3.05) is 16.3 Å². The van der Waals surface area contributed by atoms with Crippen LogP contribution in [0.15, 0.2) is 65.5 Å². The molecule has 2 atom stereocenters. The molecule has 48 heavy (non-hydrogen) atoms. The van der Waals surface area contributed by atoms with Crippen molar-refractivity contribution in [3.8, 4) is 0 Å². The number of benzene rings is 2. The molecule has 6 rings (SSSR count). The molecule has 10 nitrogen and oxygen atoms in total. The Labute approximate surface area is 285 Å². The lowest BCUT2D eigenvalue weighted by Crippen LogP contribution is -2.57. The van der Waals surface area contributed by atoms with Crippen LogP contribution in [0, 0.1) is 0 Å².